The van der Waals surface area contributed by atoms with Gasteiger partial charge in [-0.1, -0.05) is 46.2 Å². The Bertz CT molecular complexity index is 709. The largest absolute Gasteiger partial charge is 0.474 e. The molecule has 2 N–H and O–H groups in total. The molecule has 0 bridgehead atoms. The molecule has 0 radical (unpaired) electrons. The number of halogens is 1. The summed E-state index contributed by atoms with van der Waals surface area (Å²) in [5.74, 6) is 0.589. The van der Waals surface area contributed by atoms with E-state index in [0.717, 1.165) is 29.2 Å². The highest BCUT2D eigenvalue weighted by Crippen LogP contribution is 2.33. The molecular weight excluding hydrogens is 366 g/mol. The third kappa shape index (κ3) is 6.00. The van der Waals surface area contributed by atoms with Crippen molar-refractivity contribution < 1.29 is 4.74 Å². The molecule has 2 atom stereocenters. The summed E-state index contributed by atoms with van der Waals surface area (Å²) in [6.45, 7) is 12.6. The molecule has 0 aliphatic rings. The van der Waals surface area contributed by atoms with E-state index in [1.165, 1.54) is 0 Å². The van der Waals surface area contributed by atoms with E-state index < -0.39 is 0 Å². The lowest BCUT2D eigenvalue weighted by Crippen LogP contribution is -2.25. The van der Waals surface area contributed by atoms with Gasteiger partial charge in [0, 0.05) is 23.2 Å². The smallest absolute Gasteiger partial charge is 0.223 e. The van der Waals surface area contributed by atoms with Gasteiger partial charge in [0.1, 0.15) is 5.15 Å². The Morgan fingerprint density at radius 3 is 2.46 bits per heavy atom. The molecule has 4 nitrogen and oxygen atoms in total. The Morgan fingerprint density at radius 1 is 1.23 bits per heavy atom. The standard InChI is InChI=1S/C18H26ClN3OS.C2H6/c1-6-15(20)13-9-22-17(14-10-21-16(19)7-12(13)14)23-11(2)8-18(3,4)24-5;1-2/h7,9-11,15H,6,8,20H2,1-5H3;1-2H3. The molecule has 2 aromatic rings. The summed E-state index contributed by atoms with van der Waals surface area (Å²) in [5.41, 5.74) is 7.19. The number of nitrogens with two attached hydrogens (primary N) is 1. The highest BCUT2D eigenvalue weighted by Gasteiger charge is 2.22. The summed E-state index contributed by atoms with van der Waals surface area (Å²) in [5, 5.41) is 2.26. The van der Waals surface area contributed by atoms with Crippen LogP contribution in [-0.4, -0.2) is 27.1 Å². The summed E-state index contributed by atoms with van der Waals surface area (Å²) < 4.78 is 6.28. The zero-order valence-electron chi connectivity index (χ0n) is 17.0. The Hall–Kier alpha value is -1.04. The van der Waals surface area contributed by atoms with Crippen molar-refractivity contribution in [1.29, 1.82) is 0 Å². The van der Waals surface area contributed by atoms with Gasteiger partial charge in [0.15, 0.2) is 0 Å². The number of pyridine rings is 2. The molecule has 26 heavy (non-hydrogen) atoms. The first-order valence-electron chi connectivity index (χ1n) is 9.19. The van der Waals surface area contributed by atoms with Crippen LogP contribution in [-0.2, 0) is 0 Å². The Morgan fingerprint density at radius 2 is 1.88 bits per heavy atom. The van der Waals surface area contributed by atoms with Gasteiger partial charge in [0.2, 0.25) is 5.88 Å². The molecule has 0 saturated carbocycles. The van der Waals surface area contributed by atoms with Crippen molar-refractivity contribution in [2.24, 2.45) is 5.73 Å². The number of rotatable bonds is 7. The average molecular weight is 398 g/mol. The van der Waals surface area contributed by atoms with Crippen molar-refractivity contribution >= 4 is 34.1 Å². The van der Waals surface area contributed by atoms with Crippen molar-refractivity contribution in [3.05, 3.63) is 29.2 Å². The molecule has 0 spiro atoms. The molecule has 0 aromatic carbocycles. The zero-order chi connectivity index (χ0) is 19.9. The van der Waals surface area contributed by atoms with E-state index in [4.69, 9.17) is 22.1 Å². The van der Waals surface area contributed by atoms with Crippen LogP contribution < -0.4 is 10.5 Å². The second-order valence-corrected chi connectivity index (χ2v) is 8.58. The SMILES string of the molecule is CC.CCC(N)c1cnc(OC(C)CC(C)(C)SC)c2cnc(Cl)cc12. The van der Waals surface area contributed by atoms with Gasteiger partial charge in [-0.15, -0.1) is 0 Å². The van der Waals surface area contributed by atoms with E-state index in [1.54, 1.807) is 12.4 Å². The third-order valence-electron chi connectivity index (χ3n) is 4.22. The lowest BCUT2D eigenvalue weighted by atomic mass is 10.0. The molecule has 2 rings (SSSR count). The second kappa shape index (κ2) is 10.3. The lowest BCUT2D eigenvalue weighted by Gasteiger charge is -2.26. The van der Waals surface area contributed by atoms with Crippen molar-refractivity contribution in [2.45, 2.75) is 71.3 Å². The quantitative estimate of drug-likeness (QED) is 0.579. The van der Waals surface area contributed by atoms with Gasteiger partial charge in [-0.05, 0) is 43.0 Å². The van der Waals surface area contributed by atoms with Gasteiger partial charge in [-0.3, -0.25) is 0 Å². The van der Waals surface area contributed by atoms with Crippen LogP contribution in [0.25, 0.3) is 10.8 Å². The minimum absolute atomic E-state index is 0.0459. The maximum absolute atomic E-state index is 6.22. The lowest BCUT2D eigenvalue weighted by molar-refractivity contribution is 0.194. The minimum Gasteiger partial charge on any atom is -0.474 e. The van der Waals surface area contributed by atoms with Crippen LogP contribution in [0, 0.1) is 0 Å². The van der Waals surface area contributed by atoms with E-state index in [2.05, 4.69) is 43.9 Å². The fourth-order valence-electron chi connectivity index (χ4n) is 2.72. The number of fused-ring (bicyclic) bond motifs is 1. The maximum Gasteiger partial charge on any atom is 0.223 e. The van der Waals surface area contributed by atoms with Crippen LogP contribution in [0.3, 0.4) is 0 Å². The predicted molar refractivity (Wildman–Crippen MR) is 115 cm³/mol. The normalized spacial score (nSPS) is 13.7. The monoisotopic (exact) mass is 397 g/mol. The number of hydrogen-bond donors (Lipinski definition) is 1. The fraction of sp³-hybridized carbons (Fsp3) is 0.600. The van der Waals surface area contributed by atoms with Crippen LogP contribution in [0.4, 0.5) is 0 Å². The minimum atomic E-state index is -0.0830. The first kappa shape index (κ1) is 23.0. The Balaban J connectivity index is 0.00000163. The van der Waals surface area contributed by atoms with Crippen molar-refractivity contribution in [1.82, 2.24) is 9.97 Å². The topological polar surface area (TPSA) is 61.0 Å². The summed E-state index contributed by atoms with van der Waals surface area (Å²) in [6, 6.07) is 1.76. The molecule has 2 aromatic heterocycles. The van der Waals surface area contributed by atoms with Gasteiger partial charge in [-0.25, -0.2) is 9.97 Å². The molecule has 0 fully saturated rings. The predicted octanol–water partition coefficient (Wildman–Crippen LogP) is 6.02. The van der Waals surface area contributed by atoms with Crippen molar-refractivity contribution in [2.75, 3.05) is 6.26 Å². The number of nitrogens with zero attached hydrogens (tertiary/aromatic N) is 2. The van der Waals surface area contributed by atoms with Gasteiger partial charge < -0.3 is 10.5 Å². The Kier molecular flexibility index (Phi) is 9.14. The third-order valence-corrected chi connectivity index (χ3v) is 5.70. The van der Waals surface area contributed by atoms with Crippen LogP contribution in [0.2, 0.25) is 5.15 Å². The van der Waals surface area contributed by atoms with Crippen LogP contribution >= 0.6 is 23.4 Å². The summed E-state index contributed by atoms with van der Waals surface area (Å²) in [6.07, 6.45) is 7.44. The molecule has 0 aliphatic heterocycles. The molecule has 2 heterocycles. The van der Waals surface area contributed by atoms with Gasteiger partial charge in [0.05, 0.1) is 11.5 Å². The van der Waals surface area contributed by atoms with E-state index in [9.17, 15) is 0 Å². The van der Waals surface area contributed by atoms with E-state index in [1.807, 2.05) is 31.7 Å². The number of thioether (sulfide) groups is 1. The van der Waals surface area contributed by atoms with Gasteiger partial charge in [-0.2, -0.15) is 11.8 Å². The van der Waals surface area contributed by atoms with Gasteiger partial charge in [0.25, 0.3) is 0 Å². The van der Waals surface area contributed by atoms with Gasteiger partial charge >= 0.3 is 0 Å². The summed E-state index contributed by atoms with van der Waals surface area (Å²) >= 11 is 7.92. The summed E-state index contributed by atoms with van der Waals surface area (Å²) in [7, 11) is 0. The maximum atomic E-state index is 6.22. The molecule has 6 heteroatoms. The first-order valence-corrected chi connectivity index (χ1v) is 10.8. The number of aromatic nitrogens is 2. The fourth-order valence-corrected chi connectivity index (χ4v) is 3.28. The molecule has 146 valence electrons. The van der Waals surface area contributed by atoms with E-state index in [0.29, 0.717) is 11.0 Å². The van der Waals surface area contributed by atoms with E-state index in [-0.39, 0.29) is 16.9 Å². The highest BCUT2D eigenvalue weighted by atomic mass is 35.5. The molecular formula is C20H32ClN3OS. The molecule has 2 unspecified atom stereocenters. The molecule has 0 aliphatic carbocycles. The summed E-state index contributed by atoms with van der Waals surface area (Å²) in [4.78, 5) is 8.70. The average Bonchev–Trinajstić information content (AvgIpc) is 2.62. The number of hydrogen-bond acceptors (Lipinski definition) is 5. The molecule has 0 amide bonds. The van der Waals surface area contributed by atoms with E-state index >= 15 is 0 Å². The molecule has 0 saturated heterocycles. The van der Waals surface area contributed by atoms with Crippen LogP contribution in [0.5, 0.6) is 5.88 Å². The van der Waals surface area contributed by atoms with Crippen molar-refractivity contribution in [3.63, 3.8) is 0 Å². The first-order chi connectivity index (χ1) is 12.3. The number of ether oxygens (including phenoxy) is 1. The van der Waals surface area contributed by atoms with Crippen LogP contribution in [0.15, 0.2) is 18.5 Å². The second-order valence-electron chi connectivity index (χ2n) is 6.68. The van der Waals surface area contributed by atoms with Crippen molar-refractivity contribution in [3.8, 4) is 5.88 Å². The van der Waals surface area contributed by atoms with Crippen LogP contribution in [0.1, 0.15) is 66.0 Å². The highest BCUT2D eigenvalue weighted by molar-refractivity contribution is 7.99. The Labute approximate surface area is 167 Å². The zero-order valence-corrected chi connectivity index (χ0v) is 18.5.